The molecule has 0 aromatic heterocycles. The van der Waals surface area contributed by atoms with Gasteiger partial charge in [0, 0.05) is 0 Å². The Morgan fingerprint density at radius 2 is 1.00 bits per heavy atom. The summed E-state index contributed by atoms with van der Waals surface area (Å²) in [6.07, 6.45) is 0. The van der Waals surface area contributed by atoms with Gasteiger partial charge in [-0.15, -0.1) is 6.58 Å². The maximum atomic E-state index is 4.92. The Labute approximate surface area is 65.6 Å². The minimum Gasteiger partial charge on any atom is -0.403 e. The molecule has 0 amide bonds. The van der Waals surface area contributed by atoms with E-state index in [1.54, 1.807) is 6.92 Å². The Hall–Kier alpha value is -0.720. The van der Waals surface area contributed by atoms with Crippen LogP contribution in [0.5, 0.6) is 0 Å². The van der Waals surface area contributed by atoms with Gasteiger partial charge in [0.2, 0.25) is 0 Å². The SMILES string of the molecule is C=C(C)C.C=C(C)N.CC. The summed E-state index contributed by atoms with van der Waals surface area (Å²) in [5, 5.41) is 0. The first-order valence-corrected chi connectivity index (χ1v) is 3.50. The molecule has 0 aromatic carbocycles. The molecule has 0 saturated carbocycles. The molecule has 0 aliphatic rings. The average molecular weight is 143 g/mol. The normalized spacial score (nSPS) is 5.70. The monoisotopic (exact) mass is 143 g/mol. The molecule has 0 spiro atoms. The zero-order valence-electron chi connectivity index (χ0n) is 7.99. The van der Waals surface area contributed by atoms with Crippen LogP contribution in [0.3, 0.4) is 0 Å². The summed E-state index contributed by atoms with van der Waals surface area (Å²) in [6.45, 7) is 16.6. The predicted molar refractivity (Wildman–Crippen MR) is 50.8 cm³/mol. The molecule has 0 heterocycles. The Morgan fingerprint density at radius 3 is 1.00 bits per heavy atom. The number of hydrogen-bond donors (Lipinski definition) is 1. The van der Waals surface area contributed by atoms with Crippen LogP contribution in [0.1, 0.15) is 34.6 Å². The van der Waals surface area contributed by atoms with E-state index in [1.807, 2.05) is 27.7 Å². The highest BCUT2D eigenvalue weighted by Crippen LogP contribution is 1.73. The van der Waals surface area contributed by atoms with Crippen LogP contribution >= 0.6 is 0 Å². The standard InChI is InChI=1S/C4H8.C3H7N.C2H6/c1-4(2)3;1-3(2)4;1-2/h1H2,2-3H3;1,4H2,2H3;1-2H3. The van der Waals surface area contributed by atoms with Crippen molar-refractivity contribution in [2.75, 3.05) is 0 Å². The van der Waals surface area contributed by atoms with Crippen molar-refractivity contribution in [2.24, 2.45) is 5.73 Å². The zero-order chi connectivity index (χ0) is 9.15. The predicted octanol–water partition coefficient (Wildman–Crippen LogP) is 3.09. The van der Waals surface area contributed by atoms with Crippen molar-refractivity contribution in [3.05, 3.63) is 24.4 Å². The van der Waals surface area contributed by atoms with Crippen molar-refractivity contribution >= 4 is 0 Å². The van der Waals surface area contributed by atoms with Crippen molar-refractivity contribution in [2.45, 2.75) is 34.6 Å². The quantitative estimate of drug-likeness (QED) is 0.518. The van der Waals surface area contributed by atoms with Crippen LogP contribution in [-0.4, -0.2) is 0 Å². The summed E-state index contributed by atoms with van der Waals surface area (Å²) < 4.78 is 0. The molecule has 0 aliphatic carbocycles. The second-order valence-corrected chi connectivity index (χ2v) is 2.05. The van der Waals surface area contributed by atoms with Gasteiger partial charge in [0.05, 0.1) is 0 Å². The van der Waals surface area contributed by atoms with Crippen molar-refractivity contribution in [1.29, 1.82) is 0 Å². The van der Waals surface area contributed by atoms with Crippen LogP contribution < -0.4 is 5.73 Å². The van der Waals surface area contributed by atoms with Gasteiger partial charge in [-0.05, 0) is 26.5 Å². The molecule has 0 radical (unpaired) electrons. The summed E-state index contributed by atoms with van der Waals surface area (Å²) in [5.74, 6) is 0. The van der Waals surface area contributed by atoms with Crippen molar-refractivity contribution in [3.63, 3.8) is 0 Å². The fourth-order valence-corrected chi connectivity index (χ4v) is 0. The molecule has 1 heteroatoms. The molecule has 0 rings (SSSR count). The molecule has 2 N–H and O–H groups in total. The van der Waals surface area contributed by atoms with E-state index in [-0.39, 0.29) is 0 Å². The Morgan fingerprint density at radius 1 is 1.00 bits per heavy atom. The molecule has 0 atom stereocenters. The topological polar surface area (TPSA) is 26.0 Å². The third-order valence-electron chi connectivity index (χ3n) is 0. The summed E-state index contributed by atoms with van der Waals surface area (Å²) in [5.41, 5.74) is 6.75. The van der Waals surface area contributed by atoms with Crippen LogP contribution in [-0.2, 0) is 0 Å². The van der Waals surface area contributed by atoms with Gasteiger partial charge in [0.25, 0.3) is 0 Å². The van der Waals surface area contributed by atoms with E-state index in [0.29, 0.717) is 5.70 Å². The Balaban J connectivity index is -0.0000000787. The maximum absolute atomic E-state index is 4.92. The summed E-state index contributed by atoms with van der Waals surface area (Å²) >= 11 is 0. The molecule has 0 fully saturated rings. The lowest BCUT2D eigenvalue weighted by Gasteiger charge is -1.69. The van der Waals surface area contributed by atoms with Crippen molar-refractivity contribution in [3.8, 4) is 0 Å². The summed E-state index contributed by atoms with van der Waals surface area (Å²) in [4.78, 5) is 0. The average Bonchev–Trinajstić information content (AvgIpc) is 1.66. The largest absolute Gasteiger partial charge is 0.403 e. The number of nitrogens with two attached hydrogens (primary N) is 1. The maximum Gasteiger partial charge on any atom is -0.00242 e. The lowest BCUT2D eigenvalue weighted by atomic mass is 10.4. The van der Waals surface area contributed by atoms with Crippen molar-refractivity contribution < 1.29 is 0 Å². The highest BCUT2D eigenvalue weighted by molar-refractivity contribution is 4.78. The molecule has 62 valence electrons. The van der Waals surface area contributed by atoms with Gasteiger partial charge in [-0.3, -0.25) is 0 Å². The van der Waals surface area contributed by atoms with E-state index in [0.717, 1.165) is 0 Å². The second kappa shape index (κ2) is 15.7. The minimum absolute atomic E-state index is 0.667. The summed E-state index contributed by atoms with van der Waals surface area (Å²) in [6, 6.07) is 0. The molecule has 0 bridgehead atoms. The van der Waals surface area contributed by atoms with Crippen LogP contribution in [0.2, 0.25) is 0 Å². The molecule has 0 aliphatic heterocycles. The molecular formula is C9H21N. The smallest absolute Gasteiger partial charge is 0.00242 e. The van der Waals surface area contributed by atoms with E-state index >= 15 is 0 Å². The highest BCUT2D eigenvalue weighted by Gasteiger charge is 1.51. The van der Waals surface area contributed by atoms with Gasteiger partial charge >= 0.3 is 0 Å². The van der Waals surface area contributed by atoms with Crippen LogP contribution in [0.15, 0.2) is 24.4 Å². The Bertz CT molecular complexity index is 62.7. The highest BCUT2D eigenvalue weighted by atomic mass is 14.5. The van der Waals surface area contributed by atoms with E-state index in [1.165, 1.54) is 5.57 Å². The first-order chi connectivity index (χ1) is 4.46. The fraction of sp³-hybridized carbons (Fsp3) is 0.556. The number of allylic oxidation sites excluding steroid dienone is 2. The Kier molecular flexibility index (Phi) is 25.4. The minimum atomic E-state index is 0.667. The fourth-order valence-electron chi connectivity index (χ4n) is 0. The van der Waals surface area contributed by atoms with Crippen LogP contribution in [0, 0.1) is 0 Å². The molecule has 10 heavy (non-hydrogen) atoms. The number of rotatable bonds is 0. The zero-order valence-corrected chi connectivity index (χ0v) is 7.99. The molecule has 0 unspecified atom stereocenters. The molecular weight excluding hydrogens is 122 g/mol. The molecule has 0 aromatic rings. The van der Waals surface area contributed by atoms with E-state index in [4.69, 9.17) is 5.73 Å². The van der Waals surface area contributed by atoms with Gasteiger partial charge in [-0.2, -0.15) is 0 Å². The van der Waals surface area contributed by atoms with Gasteiger partial charge in [0.1, 0.15) is 0 Å². The van der Waals surface area contributed by atoms with Gasteiger partial charge < -0.3 is 5.73 Å². The van der Waals surface area contributed by atoms with Crippen LogP contribution in [0.25, 0.3) is 0 Å². The van der Waals surface area contributed by atoms with Crippen molar-refractivity contribution in [1.82, 2.24) is 0 Å². The number of hydrogen-bond acceptors (Lipinski definition) is 1. The van der Waals surface area contributed by atoms with E-state index in [2.05, 4.69) is 13.2 Å². The van der Waals surface area contributed by atoms with Gasteiger partial charge in [0.15, 0.2) is 0 Å². The summed E-state index contributed by atoms with van der Waals surface area (Å²) in [7, 11) is 0. The molecule has 1 nitrogen and oxygen atoms in total. The lowest BCUT2D eigenvalue weighted by molar-refractivity contribution is 1.34. The first kappa shape index (κ1) is 16.1. The van der Waals surface area contributed by atoms with Gasteiger partial charge in [-0.25, -0.2) is 0 Å². The van der Waals surface area contributed by atoms with Crippen LogP contribution in [0.4, 0.5) is 0 Å². The van der Waals surface area contributed by atoms with Gasteiger partial charge in [-0.1, -0.05) is 26.0 Å². The van der Waals surface area contributed by atoms with E-state index in [9.17, 15) is 0 Å². The third kappa shape index (κ3) is 554. The first-order valence-electron chi connectivity index (χ1n) is 3.50. The second-order valence-electron chi connectivity index (χ2n) is 2.05. The third-order valence-corrected chi connectivity index (χ3v) is 0. The molecule has 0 saturated heterocycles. The van der Waals surface area contributed by atoms with E-state index < -0.39 is 0 Å². The lowest BCUT2D eigenvalue weighted by Crippen LogP contribution is -1.83.